The second-order valence-corrected chi connectivity index (χ2v) is 25.6. The number of nitro groups is 1. The number of rotatable bonds is 20. The number of aliphatic imine (C=N–C) groups is 2. The van der Waals surface area contributed by atoms with E-state index in [2.05, 4.69) is 47.2 Å². The number of hydrogen-bond donors (Lipinski definition) is 21. The van der Waals surface area contributed by atoms with Gasteiger partial charge in [-0.3, -0.25) is 48.9 Å². The van der Waals surface area contributed by atoms with Crippen molar-refractivity contribution in [1.29, 1.82) is 0 Å². The number of guanidine groups is 2. The predicted molar refractivity (Wildman–Crippen MR) is 348 cm³/mol. The molecule has 7 aliphatic heterocycles. The minimum atomic E-state index is -2.36. The van der Waals surface area contributed by atoms with Gasteiger partial charge in [-0.15, -0.1) is 0 Å². The fourth-order valence-electron chi connectivity index (χ4n) is 13.0. The summed E-state index contributed by atoms with van der Waals surface area (Å²) >= 11 is 0. The summed E-state index contributed by atoms with van der Waals surface area (Å²) in [6.07, 6.45) is -32.1. The maximum Gasteiger partial charge on any atom is 0.310 e. The first-order valence-corrected chi connectivity index (χ1v) is 33.1. The molecule has 3 aromatic carbocycles. The summed E-state index contributed by atoms with van der Waals surface area (Å²) in [7, 11) is 0. The zero-order valence-corrected chi connectivity index (χ0v) is 55.6. The highest BCUT2D eigenvalue weighted by Crippen LogP contribution is 2.39. The monoisotopic (exact) mass is 1470 g/mol. The minimum Gasteiger partial charge on any atom is -0.487 e. The van der Waals surface area contributed by atoms with Crippen LogP contribution < -0.4 is 58.2 Å². The summed E-state index contributed by atoms with van der Waals surface area (Å²) < 4.78 is 46.6. The van der Waals surface area contributed by atoms with E-state index in [0.717, 1.165) is 4.90 Å². The molecule has 26 unspecified atom stereocenters. The summed E-state index contributed by atoms with van der Waals surface area (Å²) in [5.74, 6) is -9.14. The maximum atomic E-state index is 15.2. The second-order valence-electron chi connectivity index (χ2n) is 25.6. The third kappa shape index (κ3) is 17.1. The van der Waals surface area contributed by atoms with Crippen molar-refractivity contribution in [3.8, 4) is 11.5 Å². The Labute approximate surface area is 590 Å². The van der Waals surface area contributed by atoms with Crippen molar-refractivity contribution in [1.82, 2.24) is 42.1 Å². The van der Waals surface area contributed by atoms with Gasteiger partial charge in [0.15, 0.2) is 36.5 Å². The van der Waals surface area contributed by atoms with E-state index in [1.165, 1.54) is 42.5 Å². The number of aliphatic hydroxyl groups excluding tert-OH is 12. The van der Waals surface area contributed by atoms with Crippen LogP contribution in [0.2, 0.25) is 0 Å². The van der Waals surface area contributed by atoms with Crippen molar-refractivity contribution in [2.45, 2.75) is 179 Å². The van der Waals surface area contributed by atoms with E-state index < -0.39 is 244 Å². The Morgan fingerprint density at radius 1 is 0.663 bits per heavy atom. The molecule has 0 bridgehead atoms. The van der Waals surface area contributed by atoms with Gasteiger partial charge in [0.25, 0.3) is 0 Å². The Bertz CT molecular complexity index is 3590. The van der Waals surface area contributed by atoms with Crippen molar-refractivity contribution in [3.05, 3.63) is 99.6 Å². The lowest BCUT2D eigenvalue weighted by Crippen LogP contribution is -2.70. The van der Waals surface area contributed by atoms with Gasteiger partial charge < -0.3 is 153 Å². The van der Waals surface area contributed by atoms with Gasteiger partial charge in [-0.2, -0.15) is 0 Å². The summed E-state index contributed by atoms with van der Waals surface area (Å²) in [6, 6.07) is 4.64. The number of nitrogens with two attached hydrogens (primary N) is 2. The highest BCUT2D eigenvalue weighted by Gasteiger charge is 2.55. The number of carbonyl (C=O) groups excluding carboxylic acids is 6. The zero-order valence-electron chi connectivity index (χ0n) is 55.6. The molecule has 10 rings (SSSR count). The Morgan fingerprint density at radius 3 is 1.99 bits per heavy atom. The molecular weight excluding hydrogens is 1390 g/mol. The number of nitrogens with one attached hydrogen (secondary N) is 7. The molecule has 41 heteroatoms. The number of fused-ring (bicyclic) bond motifs is 1. The van der Waals surface area contributed by atoms with E-state index >= 15 is 9.59 Å². The van der Waals surface area contributed by atoms with Crippen LogP contribution in [-0.2, 0) is 63.6 Å². The predicted octanol–water partition coefficient (Wildman–Crippen LogP) is -10.5. The van der Waals surface area contributed by atoms with Crippen molar-refractivity contribution >= 4 is 53.0 Å². The normalized spacial score (nSPS) is 35.6. The summed E-state index contributed by atoms with van der Waals surface area (Å²) in [5, 5.41) is 162. The Balaban J connectivity index is 0.892. The van der Waals surface area contributed by atoms with E-state index in [4.69, 9.17) is 49.4 Å². The summed E-state index contributed by atoms with van der Waals surface area (Å²) in [4.78, 5) is 108. The van der Waals surface area contributed by atoms with E-state index in [0.29, 0.717) is 5.56 Å². The summed E-state index contributed by atoms with van der Waals surface area (Å²) in [5.41, 5.74) is 12.8. The van der Waals surface area contributed by atoms with Crippen molar-refractivity contribution < 1.29 is 133 Å². The van der Waals surface area contributed by atoms with Crippen molar-refractivity contribution in [2.75, 3.05) is 52.7 Å². The molecule has 23 N–H and O–H groups in total. The molecule has 6 amide bonds. The van der Waals surface area contributed by atoms with Crippen molar-refractivity contribution in [3.63, 3.8) is 0 Å². The van der Waals surface area contributed by atoms with E-state index in [1.54, 1.807) is 44.2 Å². The molecule has 0 aromatic heterocycles. The van der Waals surface area contributed by atoms with Crippen LogP contribution in [0.4, 0.5) is 5.69 Å². The van der Waals surface area contributed by atoms with E-state index in [1.807, 2.05) is 0 Å². The molecule has 7 aliphatic rings. The number of nitro benzene ring substituents is 1. The van der Waals surface area contributed by atoms with Gasteiger partial charge in [-0.1, -0.05) is 49.4 Å². The van der Waals surface area contributed by atoms with Gasteiger partial charge in [0, 0.05) is 24.0 Å². The molecule has 0 saturated carbocycles. The largest absolute Gasteiger partial charge is 0.487 e. The molecule has 5 saturated heterocycles. The highest BCUT2D eigenvalue weighted by atomic mass is 16.8. The SMILES string of the molecule is CCOc1cc(C2OCC3OC(OC4C(CO)OC(Oc5ccc(CC6NC(=O)C(C(C)c7ccccc7)NC(=O)CNC(=O)C(CO)NC(=O)C(C(O)C7CN=C(N)N7C7OC(CO)C(O)C(O)C7O)NC(=O)C(C(O)C7CN=C(N)N7)NC6=O)cc5)C(O)C4O)C(O)C(O)C3O2)ccc1[N+](=O)[O-]. The quantitative estimate of drug-likeness (QED) is 0.0369. The molecule has 0 aliphatic carbocycles. The topological polar surface area (TPSA) is 626 Å². The van der Waals surface area contributed by atoms with Gasteiger partial charge in [0.1, 0.15) is 121 Å². The Kier molecular flexibility index (Phi) is 25.5. The first-order valence-electron chi connectivity index (χ1n) is 33.1. The van der Waals surface area contributed by atoms with Crippen molar-refractivity contribution in [2.24, 2.45) is 21.5 Å². The Morgan fingerprint density at radius 2 is 1.33 bits per heavy atom. The average Bonchev–Trinajstić information content (AvgIpc) is 1.53. The lowest BCUT2D eigenvalue weighted by atomic mass is 9.92. The second kappa shape index (κ2) is 34.0. The van der Waals surface area contributed by atoms with Crippen LogP contribution in [0.15, 0.2) is 82.8 Å². The molecule has 104 heavy (non-hydrogen) atoms. The van der Waals surface area contributed by atoms with Gasteiger partial charge in [-0.25, -0.2) is 0 Å². The number of amides is 6. The number of ether oxygens (including phenoxy) is 8. The van der Waals surface area contributed by atoms with Crippen LogP contribution >= 0.6 is 0 Å². The fourth-order valence-corrected chi connectivity index (χ4v) is 13.0. The molecule has 26 atom stereocenters. The molecule has 41 nitrogen and oxygen atoms in total. The van der Waals surface area contributed by atoms with Crippen LogP contribution in [0.5, 0.6) is 11.5 Å². The average molecular weight is 1470 g/mol. The third-order valence-corrected chi connectivity index (χ3v) is 18.8. The number of aliphatic hydroxyl groups is 12. The fraction of sp³-hybridized carbons (Fsp3) is 0.587. The van der Waals surface area contributed by atoms with Gasteiger partial charge >= 0.3 is 5.69 Å². The molecule has 0 radical (unpaired) electrons. The first-order chi connectivity index (χ1) is 49.6. The molecule has 0 spiro atoms. The zero-order chi connectivity index (χ0) is 75.1. The maximum absolute atomic E-state index is 15.2. The number of benzene rings is 3. The highest BCUT2D eigenvalue weighted by molar-refractivity contribution is 5.98. The lowest BCUT2D eigenvalue weighted by Gasteiger charge is -2.48. The standard InChI is InChI=1S/C63H85N13O28/c1-3-97-34-16-27(11-14-32(34)76(95)96)59-98-23-37-52(103-59)47(86)50(89)61(102-37)104-51-36(22-79)101-60(49(88)46(51)85)99-28-12-9-25(10-13-28)15-29-54(91)73-40(42(81)30-17-67-62(64)71-30)57(94)74-41(43(82)33-18-68-63(65)75(33)58-48(87)45(84)44(83)35(21-78)100-58)56(93)70-31(20-77)53(90)66-19-38(80)72-39(55(92)69-29)24(2)26-7-5-4-6-8-26/h4-14,16,24,29-31,33,35-37,39-52,58-61,77-79,81-89H,3,15,17-23H2,1-2H3,(H2,65,68)(H,66,90)(H,69,92)(H,70,93)(H,72,80)(H,73,91)(H,74,94)(H3,64,67,71). The molecule has 5 fully saturated rings. The molecular formula is C63H85N13O28. The lowest BCUT2D eigenvalue weighted by molar-refractivity contribution is -0.386. The molecule has 3 aromatic rings. The third-order valence-electron chi connectivity index (χ3n) is 18.8. The summed E-state index contributed by atoms with van der Waals surface area (Å²) in [6.45, 7) is -1.75. The van der Waals surface area contributed by atoms with Crippen LogP contribution in [-0.4, -0.2) is 318 Å². The van der Waals surface area contributed by atoms with E-state index in [9.17, 15) is 90.6 Å². The molecule has 7 heterocycles. The van der Waals surface area contributed by atoms with Gasteiger partial charge in [0.2, 0.25) is 41.7 Å². The van der Waals surface area contributed by atoms with Crippen LogP contribution in [0, 0.1) is 10.1 Å². The number of hydrogen-bond acceptors (Lipinski definition) is 34. The number of carbonyl (C=O) groups is 6. The Hall–Kier alpha value is -8.70. The smallest absolute Gasteiger partial charge is 0.310 e. The molecule has 570 valence electrons. The van der Waals surface area contributed by atoms with Crippen LogP contribution in [0.3, 0.4) is 0 Å². The van der Waals surface area contributed by atoms with Crippen LogP contribution in [0.1, 0.15) is 42.7 Å². The van der Waals surface area contributed by atoms with Gasteiger partial charge in [-0.05, 0) is 42.3 Å². The minimum absolute atomic E-state index is 0.0686. The van der Waals surface area contributed by atoms with Crippen LogP contribution in [0.25, 0.3) is 0 Å². The van der Waals surface area contributed by atoms with Gasteiger partial charge in [0.05, 0.1) is 69.7 Å². The first kappa shape index (κ1) is 77.9. The number of nitrogens with zero attached hydrogens (tertiary/aromatic N) is 4. The van der Waals surface area contributed by atoms with E-state index in [-0.39, 0.29) is 54.0 Å².